The highest BCUT2D eigenvalue weighted by molar-refractivity contribution is 6.12. The van der Waals surface area contributed by atoms with Crippen LogP contribution in [0.1, 0.15) is 52.4 Å². The topological polar surface area (TPSA) is 51.2 Å². The molecular formula is C19H22O3. The van der Waals surface area contributed by atoms with Gasteiger partial charge in [0.05, 0.1) is 5.41 Å². The lowest BCUT2D eigenvalue weighted by Crippen LogP contribution is -2.31. The maximum atomic E-state index is 12.1. The second-order valence-corrected chi connectivity index (χ2v) is 7.12. The van der Waals surface area contributed by atoms with Gasteiger partial charge in [0.25, 0.3) is 0 Å². The summed E-state index contributed by atoms with van der Waals surface area (Å²) in [6, 6.07) is 0. The van der Waals surface area contributed by atoms with E-state index < -0.39 is 5.41 Å². The summed E-state index contributed by atoms with van der Waals surface area (Å²) >= 11 is 0. The number of rotatable bonds is 2. The SMILES string of the molecule is CC1(CC=C2CC=CC3=CC(=O)CC[C@@]32C)C(=O)CCC1=O. The molecule has 1 saturated carbocycles. The maximum absolute atomic E-state index is 12.1. The van der Waals surface area contributed by atoms with Crippen LogP contribution in [0.4, 0.5) is 0 Å². The first-order chi connectivity index (χ1) is 10.4. The van der Waals surface area contributed by atoms with Crippen molar-refractivity contribution in [1.82, 2.24) is 0 Å². The molecule has 1 fully saturated rings. The van der Waals surface area contributed by atoms with E-state index in [1.165, 1.54) is 5.57 Å². The molecule has 0 radical (unpaired) electrons. The molecule has 0 saturated heterocycles. The minimum atomic E-state index is -0.834. The molecule has 3 heteroatoms. The second kappa shape index (κ2) is 5.15. The van der Waals surface area contributed by atoms with Crippen LogP contribution in [0.5, 0.6) is 0 Å². The largest absolute Gasteiger partial charge is 0.299 e. The van der Waals surface area contributed by atoms with E-state index >= 15 is 0 Å². The van der Waals surface area contributed by atoms with Crippen LogP contribution in [-0.2, 0) is 14.4 Å². The van der Waals surface area contributed by atoms with Gasteiger partial charge in [0.2, 0.25) is 0 Å². The van der Waals surface area contributed by atoms with Gasteiger partial charge in [-0.1, -0.05) is 30.7 Å². The fourth-order valence-electron chi connectivity index (χ4n) is 3.84. The van der Waals surface area contributed by atoms with E-state index in [2.05, 4.69) is 19.1 Å². The molecule has 1 atom stereocenters. The van der Waals surface area contributed by atoms with Crippen molar-refractivity contribution in [2.75, 3.05) is 0 Å². The number of carbonyl (C=O) groups is 3. The number of fused-ring (bicyclic) bond motifs is 1. The molecule has 3 rings (SSSR count). The molecule has 116 valence electrons. The van der Waals surface area contributed by atoms with Gasteiger partial charge in [-0.05, 0) is 37.8 Å². The Balaban J connectivity index is 1.90. The quantitative estimate of drug-likeness (QED) is 0.579. The number of Topliss-reactive ketones (excluding diaryl/α,β-unsaturated/α-hetero) is 2. The molecular weight excluding hydrogens is 276 g/mol. The van der Waals surface area contributed by atoms with E-state index in [9.17, 15) is 14.4 Å². The van der Waals surface area contributed by atoms with Crippen LogP contribution in [0.25, 0.3) is 0 Å². The lowest BCUT2D eigenvalue weighted by Gasteiger charge is -2.39. The first kappa shape index (κ1) is 15.1. The van der Waals surface area contributed by atoms with Crippen molar-refractivity contribution in [3.63, 3.8) is 0 Å². The lowest BCUT2D eigenvalue weighted by molar-refractivity contribution is -0.133. The Morgan fingerprint density at radius 1 is 1.09 bits per heavy atom. The Morgan fingerprint density at radius 3 is 2.45 bits per heavy atom. The molecule has 0 unspecified atom stereocenters. The van der Waals surface area contributed by atoms with Crippen molar-refractivity contribution in [2.45, 2.75) is 52.4 Å². The average Bonchev–Trinajstić information content (AvgIpc) is 2.74. The van der Waals surface area contributed by atoms with Crippen LogP contribution in [-0.4, -0.2) is 17.3 Å². The minimum absolute atomic E-state index is 0.0699. The summed E-state index contributed by atoms with van der Waals surface area (Å²) in [7, 11) is 0. The van der Waals surface area contributed by atoms with Gasteiger partial charge in [-0.15, -0.1) is 0 Å². The average molecular weight is 298 g/mol. The van der Waals surface area contributed by atoms with E-state index in [4.69, 9.17) is 0 Å². The number of carbonyl (C=O) groups excluding carboxylic acids is 3. The highest BCUT2D eigenvalue weighted by Gasteiger charge is 2.45. The van der Waals surface area contributed by atoms with Crippen molar-refractivity contribution in [2.24, 2.45) is 10.8 Å². The first-order valence-corrected chi connectivity index (χ1v) is 8.04. The predicted molar refractivity (Wildman–Crippen MR) is 84.2 cm³/mol. The van der Waals surface area contributed by atoms with Crippen molar-refractivity contribution in [1.29, 1.82) is 0 Å². The van der Waals surface area contributed by atoms with Gasteiger partial charge in [-0.25, -0.2) is 0 Å². The second-order valence-electron chi connectivity index (χ2n) is 7.12. The Hall–Kier alpha value is -1.77. The van der Waals surface area contributed by atoms with Gasteiger partial charge in [-0.3, -0.25) is 14.4 Å². The molecule has 3 aliphatic rings. The zero-order valence-electron chi connectivity index (χ0n) is 13.3. The Bertz CT molecular complexity index is 632. The van der Waals surface area contributed by atoms with Gasteiger partial charge in [0, 0.05) is 24.7 Å². The first-order valence-electron chi connectivity index (χ1n) is 8.04. The molecule has 3 aliphatic carbocycles. The fraction of sp³-hybridized carbons (Fsp3) is 0.526. The van der Waals surface area contributed by atoms with Gasteiger partial charge >= 0.3 is 0 Å². The standard InChI is InChI=1S/C19H22O3/c1-18-11-9-15(20)12-14(18)5-3-4-13(18)8-10-19(2)16(21)6-7-17(19)22/h3,5,8,12H,4,6-7,9-11H2,1-2H3/t18-/m1/s1. The Labute approximate surface area is 131 Å². The van der Waals surface area contributed by atoms with Crippen molar-refractivity contribution in [3.8, 4) is 0 Å². The third-order valence-corrected chi connectivity index (χ3v) is 5.74. The molecule has 3 nitrogen and oxygen atoms in total. The Morgan fingerprint density at radius 2 is 1.77 bits per heavy atom. The van der Waals surface area contributed by atoms with Crippen molar-refractivity contribution < 1.29 is 14.4 Å². The molecule has 0 aromatic rings. The summed E-state index contributed by atoms with van der Waals surface area (Å²) in [6.07, 6.45) is 11.4. The maximum Gasteiger partial charge on any atom is 0.156 e. The Kier molecular flexibility index (Phi) is 3.54. The summed E-state index contributed by atoms with van der Waals surface area (Å²) < 4.78 is 0. The van der Waals surface area contributed by atoms with E-state index in [0.717, 1.165) is 18.4 Å². The molecule has 22 heavy (non-hydrogen) atoms. The van der Waals surface area contributed by atoms with Gasteiger partial charge in [0.1, 0.15) is 11.6 Å². The molecule has 0 aliphatic heterocycles. The molecule has 0 spiro atoms. The third-order valence-electron chi connectivity index (χ3n) is 5.74. The molecule has 0 N–H and O–H groups in total. The van der Waals surface area contributed by atoms with Crippen LogP contribution in [0.3, 0.4) is 0 Å². The summed E-state index contributed by atoms with van der Waals surface area (Å²) in [5.41, 5.74) is 1.35. The summed E-state index contributed by atoms with van der Waals surface area (Å²) in [6.45, 7) is 3.95. The zero-order valence-corrected chi connectivity index (χ0v) is 13.3. The minimum Gasteiger partial charge on any atom is -0.299 e. The molecule has 0 bridgehead atoms. The normalized spacial score (nSPS) is 32.4. The summed E-state index contributed by atoms with van der Waals surface area (Å²) in [5, 5.41) is 0. The molecule has 0 aromatic carbocycles. The number of allylic oxidation sites excluding steroid dienone is 6. The molecule has 0 heterocycles. The summed E-state index contributed by atoms with van der Waals surface area (Å²) in [5.74, 6) is 0.326. The zero-order chi connectivity index (χ0) is 16.0. The highest BCUT2D eigenvalue weighted by Crippen LogP contribution is 2.48. The third kappa shape index (κ3) is 2.23. The highest BCUT2D eigenvalue weighted by atomic mass is 16.2. The van der Waals surface area contributed by atoms with E-state index in [-0.39, 0.29) is 22.8 Å². The van der Waals surface area contributed by atoms with Crippen LogP contribution >= 0.6 is 0 Å². The van der Waals surface area contributed by atoms with E-state index in [0.29, 0.717) is 25.7 Å². The van der Waals surface area contributed by atoms with Gasteiger partial charge in [0.15, 0.2) is 5.78 Å². The molecule has 0 amide bonds. The number of ketones is 3. The van der Waals surface area contributed by atoms with Crippen LogP contribution in [0, 0.1) is 10.8 Å². The van der Waals surface area contributed by atoms with Crippen molar-refractivity contribution in [3.05, 3.63) is 35.5 Å². The van der Waals surface area contributed by atoms with Gasteiger partial charge < -0.3 is 0 Å². The number of hydrogen-bond acceptors (Lipinski definition) is 3. The van der Waals surface area contributed by atoms with Crippen molar-refractivity contribution >= 4 is 17.3 Å². The van der Waals surface area contributed by atoms with E-state index in [1.807, 2.05) is 6.08 Å². The van der Waals surface area contributed by atoms with Crippen LogP contribution < -0.4 is 0 Å². The monoisotopic (exact) mass is 298 g/mol. The predicted octanol–water partition coefficient (Wildman–Crippen LogP) is 3.50. The van der Waals surface area contributed by atoms with Crippen LogP contribution in [0.2, 0.25) is 0 Å². The smallest absolute Gasteiger partial charge is 0.156 e. The van der Waals surface area contributed by atoms with Gasteiger partial charge in [-0.2, -0.15) is 0 Å². The molecule has 0 aromatic heterocycles. The number of hydrogen-bond donors (Lipinski definition) is 0. The summed E-state index contributed by atoms with van der Waals surface area (Å²) in [4.78, 5) is 35.8. The van der Waals surface area contributed by atoms with Crippen LogP contribution in [0.15, 0.2) is 35.5 Å². The lowest BCUT2D eigenvalue weighted by atomic mass is 9.64. The van der Waals surface area contributed by atoms with E-state index in [1.54, 1.807) is 13.0 Å². The fourth-order valence-corrected chi connectivity index (χ4v) is 3.84.